The van der Waals surface area contributed by atoms with E-state index in [1.807, 2.05) is 5.41 Å². The van der Waals surface area contributed by atoms with E-state index in [9.17, 15) is 13.6 Å². The molecule has 0 bridgehead atoms. The number of nitrogens with zero attached hydrogens (tertiary/aromatic N) is 2. The number of alkyl halides is 1. The zero-order chi connectivity index (χ0) is 27.4. The predicted molar refractivity (Wildman–Crippen MR) is 150 cm³/mol. The van der Waals surface area contributed by atoms with Crippen LogP contribution in [-0.4, -0.2) is 54.2 Å². The van der Waals surface area contributed by atoms with Crippen molar-refractivity contribution in [3.63, 3.8) is 0 Å². The summed E-state index contributed by atoms with van der Waals surface area (Å²) in [6, 6.07) is 3.54. The molecule has 1 amide bonds. The number of carbonyl (C=O) groups excluding carboxylic acids is 1. The number of alkyl carbamates (subject to hydrolysis) is 1. The first-order chi connectivity index (χ1) is 18.2. The lowest BCUT2D eigenvalue weighted by Crippen LogP contribution is -2.41. The number of nitrogens with one attached hydrogen (secondary N) is 2. The lowest BCUT2D eigenvalue weighted by Gasteiger charge is -2.37. The van der Waals surface area contributed by atoms with Gasteiger partial charge in [0.05, 0.1) is 18.1 Å². The van der Waals surface area contributed by atoms with Gasteiger partial charge in [0.2, 0.25) is 0 Å². The van der Waals surface area contributed by atoms with Crippen LogP contribution in [0.1, 0.15) is 37.8 Å². The third-order valence-corrected chi connectivity index (χ3v) is 8.17. The molecular formula is C28H31ClF2N4O2S. The summed E-state index contributed by atoms with van der Waals surface area (Å²) in [6.07, 6.45) is 5.24. The van der Waals surface area contributed by atoms with Gasteiger partial charge in [0.25, 0.3) is 0 Å². The monoisotopic (exact) mass is 560 g/mol. The van der Waals surface area contributed by atoms with Crippen LogP contribution >= 0.6 is 23.4 Å². The summed E-state index contributed by atoms with van der Waals surface area (Å²) in [6.45, 7) is 6.71. The third kappa shape index (κ3) is 6.21. The molecule has 0 saturated carbocycles. The SMILES string of the molecule is C=C1CC=CSC1C1=N[C@@H](c2ccc(F)cc2Cl)C(C(=N)/C=C\CC(C)F)=C2CC(CNC(=O)OC)CN12. The Morgan fingerprint density at radius 3 is 2.95 bits per heavy atom. The van der Waals surface area contributed by atoms with Gasteiger partial charge in [-0.1, -0.05) is 42.0 Å². The maximum absolute atomic E-state index is 14.0. The van der Waals surface area contributed by atoms with Crippen molar-refractivity contribution in [2.45, 2.75) is 43.6 Å². The van der Waals surface area contributed by atoms with E-state index in [0.29, 0.717) is 30.6 Å². The number of amides is 1. The highest BCUT2D eigenvalue weighted by atomic mass is 35.5. The van der Waals surface area contributed by atoms with Gasteiger partial charge in [-0.05, 0) is 55.7 Å². The number of rotatable bonds is 8. The van der Waals surface area contributed by atoms with E-state index >= 15 is 0 Å². The fourth-order valence-electron chi connectivity index (χ4n) is 4.87. The van der Waals surface area contributed by atoms with Crippen molar-refractivity contribution in [1.29, 1.82) is 5.41 Å². The Hall–Kier alpha value is -2.91. The molecule has 3 heterocycles. The number of hydrogen-bond acceptors (Lipinski definition) is 6. The molecule has 3 unspecified atom stereocenters. The second-order valence-electron chi connectivity index (χ2n) is 9.55. The molecule has 3 aliphatic rings. The van der Waals surface area contributed by atoms with Crippen molar-refractivity contribution in [3.05, 3.63) is 81.7 Å². The van der Waals surface area contributed by atoms with Gasteiger partial charge in [-0.3, -0.25) is 4.99 Å². The van der Waals surface area contributed by atoms with Gasteiger partial charge in [0.15, 0.2) is 0 Å². The molecule has 10 heteroatoms. The van der Waals surface area contributed by atoms with Crippen LogP contribution in [0.5, 0.6) is 0 Å². The standard InChI is InChI=1S/C28H31ClF2N4O2S/c1-16-6-5-11-38-26(16)27-34-25(20-10-9-19(31)13-21(20)29)24(22(32)8-4-7-17(2)30)23-12-18(15-35(23)27)14-33-28(36)37-3/h4-5,8-11,13,17-18,25-26,32H,1,6-7,12,14-15H2,2-3H3,(H,33,36)/b8-4-,32-22?/t17?,18?,25-,26?/m0/s1. The molecule has 6 nitrogen and oxygen atoms in total. The third-order valence-electron chi connectivity index (χ3n) is 6.68. The normalized spacial score (nSPS) is 23.9. The Morgan fingerprint density at radius 1 is 1.47 bits per heavy atom. The van der Waals surface area contributed by atoms with E-state index in [-0.39, 0.29) is 28.3 Å². The summed E-state index contributed by atoms with van der Waals surface area (Å²) < 4.78 is 32.2. The molecule has 0 aliphatic carbocycles. The first kappa shape index (κ1) is 28.1. The maximum atomic E-state index is 14.0. The summed E-state index contributed by atoms with van der Waals surface area (Å²) in [5, 5.41) is 13.9. The average Bonchev–Trinajstić information content (AvgIpc) is 3.30. The number of methoxy groups -OCH3 is 1. The molecule has 2 N–H and O–H groups in total. The van der Waals surface area contributed by atoms with E-state index in [1.54, 1.807) is 30.0 Å². The Bertz CT molecular complexity index is 1240. The van der Waals surface area contributed by atoms with E-state index in [2.05, 4.69) is 22.9 Å². The van der Waals surface area contributed by atoms with Crippen molar-refractivity contribution in [2.24, 2.45) is 10.9 Å². The van der Waals surface area contributed by atoms with Crippen LogP contribution in [0, 0.1) is 17.1 Å². The quantitative estimate of drug-likeness (QED) is 0.272. The van der Waals surface area contributed by atoms with Crippen molar-refractivity contribution in [1.82, 2.24) is 10.2 Å². The first-order valence-electron chi connectivity index (χ1n) is 12.4. The molecular weight excluding hydrogens is 530 g/mol. The molecule has 0 radical (unpaired) electrons. The molecule has 4 rings (SSSR count). The van der Waals surface area contributed by atoms with Crippen molar-refractivity contribution in [2.75, 3.05) is 20.2 Å². The number of fused-ring (bicyclic) bond motifs is 1. The highest BCUT2D eigenvalue weighted by Gasteiger charge is 2.42. The lowest BCUT2D eigenvalue weighted by molar-refractivity contribution is 0.169. The average molecular weight is 561 g/mol. The molecule has 0 spiro atoms. The highest BCUT2D eigenvalue weighted by Crippen LogP contribution is 2.45. The number of allylic oxidation sites excluding steroid dienone is 4. The predicted octanol–water partition coefficient (Wildman–Crippen LogP) is 6.76. The Morgan fingerprint density at radius 2 is 2.26 bits per heavy atom. The van der Waals surface area contributed by atoms with Crippen LogP contribution in [0.15, 0.2) is 70.2 Å². The fourth-order valence-corrected chi connectivity index (χ4v) is 6.10. The molecule has 1 aromatic rings. The number of hydrogen-bond donors (Lipinski definition) is 2. The van der Waals surface area contributed by atoms with Crippen molar-refractivity contribution < 1.29 is 18.3 Å². The first-order valence-corrected chi connectivity index (χ1v) is 13.7. The van der Waals surface area contributed by atoms with Gasteiger partial charge in [0.1, 0.15) is 23.9 Å². The summed E-state index contributed by atoms with van der Waals surface area (Å²) in [5.41, 5.74) is 3.31. The number of aliphatic imine (C=N–C) groups is 1. The molecule has 1 aromatic carbocycles. The molecule has 3 aliphatic heterocycles. The van der Waals surface area contributed by atoms with Gasteiger partial charge >= 0.3 is 6.09 Å². The zero-order valence-corrected chi connectivity index (χ0v) is 22.9. The van der Waals surface area contributed by atoms with Gasteiger partial charge in [0, 0.05) is 34.9 Å². The topological polar surface area (TPSA) is 77.8 Å². The van der Waals surface area contributed by atoms with Gasteiger partial charge in [-0.2, -0.15) is 0 Å². The number of thioether (sulfide) groups is 1. The number of amidine groups is 1. The number of halogens is 3. The van der Waals surface area contributed by atoms with Crippen molar-refractivity contribution >= 4 is 41.0 Å². The minimum Gasteiger partial charge on any atom is -0.453 e. The molecule has 1 fully saturated rings. The van der Waals surface area contributed by atoms with Gasteiger partial charge in [-0.25, -0.2) is 13.6 Å². The van der Waals surface area contributed by atoms with E-state index in [1.165, 1.54) is 26.2 Å². The maximum Gasteiger partial charge on any atom is 0.406 e. The molecule has 0 aromatic heterocycles. The summed E-state index contributed by atoms with van der Waals surface area (Å²) in [4.78, 5) is 19.0. The number of carbonyl (C=O) groups is 1. The summed E-state index contributed by atoms with van der Waals surface area (Å²) in [5.74, 6) is 0.368. The fraction of sp³-hybridized carbons (Fsp3) is 0.393. The Labute approximate surface area is 231 Å². The van der Waals surface area contributed by atoms with Gasteiger partial charge < -0.3 is 20.4 Å². The largest absolute Gasteiger partial charge is 0.453 e. The molecule has 4 atom stereocenters. The Balaban J connectivity index is 1.82. The molecule has 202 valence electrons. The minimum absolute atomic E-state index is 0.0341. The van der Waals surface area contributed by atoms with E-state index in [0.717, 1.165) is 23.5 Å². The van der Waals surface area contributed by atoms with E-state index < -0.39 is 24.1 Å². The van der Waals surface area contributed by atoms with Crippen LogP contribution < -0.4 is 5.32 Å². The Kier molecular flexibility index (Phi) is 9.10. The highest BCUT2D eigenvalue weighted by molar-refractivity contribution is 8.03. The van der Waals surface area contributed by atoms with Crippen LogP contribution in [0.4, 0.5) is 13.6 Å². The molecule has 38 heavy (non-hydrogen) atoms. The van der Waals surface area contributed by atoms with Crippen LogP contribution in [0.2, 0.25) is 5.02 Å². The smallest absolute Gasteiger partial charge is 0.406 e. The second-order valence-corrected chi connectivity index (χ2v) is 11.0. The molecule has 1 saturated heterocycles. The number of ether oxygens (including phenoxy) is 1. The minimum atomic E-state index is -1.03. The van der Waals surface area contributed by atoms with E-state index in [4.69, 9.17) is 26.7 Å². The lowest BCUT2D eigenvalue weighted by atomic mass is 9.89. The zero-order valence-electron chi connectivity index (χ0n) is 21.3. The van der Waals surface area contributed by atoms with Crippen LogP contribution in [0.3, 0.4) is 0 Å². The van der Waals surface area contributed by atoms with Crippen LogP contribution in [0.25, 0.3) is 0 Å². The summed E-state index contributed by atoms with van der Waals surface area (Å²) >= 11 is 8.15. The van der Waals surface area contributed by atoms with Gasteiger partial charge in [-0.15, -0.1) is 11.8 Å². The van der Waals surface area contributed by atoms with Crippen molar-refractivity contribution in [3.8, 4) is 0 Å². The van der Waals surface area contributed by atoms with Crippen LogP contribution in [-0.2, 0) is 4.74 Å². The number of benzene rings is 1. The summed E-state index contributed by atoms with van der Waals surface area (Å²) in [7, 11) is 1.32. The second kappa shape index (κ2) is 12.3.